The molecule has 0 aliphatic carbocycles. The Kier molecular flexibility index (Phi) is 3.81. The first kappa shape index (κ1) is 14.4. The molecule has 17 heavy (non-hydrogen) atoms. The largest absolute Gasteiger partial charge is 0.468 e. The number of halogens is 2. The smallest absolute Gasteiger partial charge is 0.320 e. The summed E-state index contributed by atoms with van der Waals surface area (Å²) in [5, 5.41) is 0. The third kappa shape index (κ3) is 2.76. The Morgan fingerprint density at radius 1 is 1.41 bits per heavy atom. The molecule has 0 aromatic heterocycles. The molecule has 1 fully saturated rings. The van der Waals surface area contributed by atoms with Gasteiger partial charge >= 0.3 is 5.97 Å². The van der Waals surface area contributed by atoms with Crippen LogP contribution in [0.25, 0.3) is 0 Å². The Hall–Kier alpha value is -0.710. The van der Waals surface area contributed by atoms with Crippen molar-refractivity contribution in [1.29, 1.82) is 0 Å². The van der Waals surface area contributed by atoms with Gasteiger partial charge in [-0.15, -0.1) is 0 Å². The van der Waals surface area contributed by atoms with E-state index in [0.29, 0.717) is 0 Å². The van der Waals surface area contributed by atoms with Crippen LogP contribution in [-0.4, -0.2) is 32.2 Å². The van der Waals surface area contributed by atoms with Gasteiger partial charge in [0, 0.05) is 6.42 Å². The summed E-state index contributed by atoms with van der Waals surface area (Å²) in [6.07, 6.45) is -0.391. The number of rotatable bonds is 2. The van der Waals surface area contributed by atoms with Crippen LogP contribution in [0.5, 0.6) is 0 Å². The molecule has 0 aromatic carbocycles. The maximum atomic E-state index is 14.1. The summed E-state index contributed by atoms with van der Waals surface area (Å²) in [5.74, 6) is -3.96. The molecule has 1 rings (SSSR count). The van der Waals surface area contributed by atoms with E-state index in [1.54, 1.807) is 0 Å². The van der Waals surface area contributed by atoms with E-state index < -0.39 is 29.1 Å². The number of esters is 1. The Morgan fingerprint density at radius 3 is 2.41 bits per heavy atom. The number of hydrogen-bond donors (Lipinski definition) is 0. The van der Waals surface area contributed by atoms with Crippen LogP contribution in [0.3, 0.4) is 0 Å². The van der Waals surface area contributed by atoms with Crippen LogP contribution < -0.4 is 0 Å². The van der Waals surface area contributed by atoms with Gasteiger partial charge in [-0.3, -0.25) is 4.79 Å². The highest BCUT2D eigenvalue weighted by Gasteiger charge is 2.62. The molecule has 1 atom stereocenters. The molecule has 3 nitrogen and oxygen atoms in total. The standard InChI is InChI=1S/C12H20F2O3/c1-10(2,3)7-11(9(15)16-4)8-17-6-5-12(11,13)14/h5-8H2,1-4H3. The van der Waals surface area contributed by atoms with E-state index in [0.717, 1.165) is 7.11 Å². The second-order valence-electron chi connectivity index (χ2n) is 5.82. The van der Waals surface area contributed by atoms with Gasteiger partial charge in [0.05, 0.1) is 20.3 Å². The predicted octanol–water partition coefficient (Wildman–Crippen LogP) is 2.64. The summed E-state index contributed by atoms with van der Waals surface area (Å²) in [4.78, 5) is 11.8. The van der Waals surface area contributed by atoms with Gasteiger partial charge in [0.2, 0.25) is 0 Å². The maximum absolute atomic E-state index is 14.1. The molecule has 1 heterocycles. The summed E-state index contributed by atoms with van der Waals surface area (Å²) in [7, 11) is 1.14. The lowest BCUT2D eigenvalue weighted by Crippen LogP contribution is -2.56. The first-order valence-corrected chi connectivity index (χ1v) is 5.69. The average Bonchev–Trinajstić information content (AvgIpc) is 2.18. The van der Waals surface area contributed by atoms with Crippen LogP contribution in [-0.2, 0) is 14.3 Å². The van der Waals surface area contributed by atoms with E-state index in [1.165, 1.54) is 0 Å². The van der Waals surface area contributed by atoms with Gasteiger partial charge in [0.25, 0.3) is 5.92 Å². The minimum Gasteiger partial charge on any atom is -0.468 e. The molecular formula is C12H20F2O3. The summed E-state index contributed by atoms with van der Waals surface area (Å²) in [5.41, 5.74) is -2.25. The van der Waals surface area contributed by atoms with Crippen molar-refractivity contribution in [2.75, 3.05) is 20.3 Å². The van der Waals surface area contributed by atoms with E-state index >= 15 is 0 Å². The van der Waals surface area contributed by atoms with Gasteiger partial charge in [-0.1, -0.05) is 20.8 Å². The fourth-order valence-electron chi connectivity index (χ4n) is 2.35. The molecule has 1 unspecified atom stereocenters. The van der Waals surface area contributed by atoms with Crippen molar-refractivity contribution >= 4 is 5.97 Å². The number of methoxy groups -OCH3 is 1. The zero-order valence-electron chi connectivity index (χ0n) is 10.8. The van der Waals surface area contributed by atoms with E-state index in [2.05, 4.69) is 4.74 Å². The fraction of sp³-hybridized carbons (Fsp3) is 0.917. The lowest BCUT2D eigenvalue weighted by Gasteiger charge is -2.44. The van der Waals surface area contributed by atoms with Gasteiger partial charge in [-0.05, 0) is 11.8 Å². The van der Waals surface area contributed by atoms with Crippen molar-refractivity contribution in [3.8, 4) is 0 Å². The first-order chi connectivity index (χ1) is 7.65. The molecular weight excluding hydrogens is 230 g/mol. The number of carbonyl (C=O) groups is 1. The second-order valence-corrected chi connectivity index (χ2v) is 5.82. The molecule has 1 aliphatic heterocycles. The summed E-state index contributed by atoms with van der Waals surface area (Å²) >= 11 is 0. The van der Waals surface area contributed by atoms with Crippen LogP contribution in [0.15, 0.2) is 0 Å². The number of ether oxygens (including phenoxy) is 2. The normalized spacial score (nSPS) is 28.8. The van der Waals surface area contributed by atoms with Crippen LogP contribution in [0.4, 0.5) is 8.78 Å². The minimum atomic E-state index is -3.08. The molecule has 0 radical (unpaired) electrons. The van der Waals surface area contributed by atoms with Crippen LogP contribution in [0.1, 0.15) is 33.6 Å². The summed E-state index contributed by atoms with van der Waals surface area (Å²) < 4.78 is 37.9. The van der Waals surface area contributed by atoms with Crippen molar-refractivity contribution in [1.82, 2.24) is 0 Å². The Labute approximate surface area is 100 Å². The monoisotopic (exact) mass is 250 g/mol. The SMILES string of the molecule is COC(=O)C1(CC(C)(C)C)COCCC1(F)F. The molecule has 0 saturated carbocycles. The van der Waals surface area contributed by atoms with E-state index in [1.807, 2.05) is 20.8 Å². The lowest BCUT2D eigenvalue weighted by atomic mass is 9.68. The molecule has 0 bridgehead atoms. The van der Waals surface area contributed by atoms with Gasteiger partial charge in [0.1, 0.15) is 0 Å². The van der Waals surface area contributed by atoms with Crippen molar-refractivity contribution in [2.24, 2.45) is 10.8 Å². The first-order valence-electron chi connectivity index (χ1n) is 5.69. The third-order valence-corrected chi connectivity index (χ3v) is 3.02. The van der Waals surface area contributed by atoms with Crippen molar-refractivity contribution in [2.45, 2.75) is 39.5 Å². The van der Waals surface area contributed by atoms with Crippen molar-refractivity contribution in [3.05, 3.63) is 0 Å². The zero-order chi connectivity index (χ0) is 13.3. The van der Waals surface area contributed by atoms with Crippen LogP contribution >= 0.6 is 0 Å². The Balaban J connectivity index is 3.12. The van der Waals surface area contributed by atoms with Gasteiger partial charge in [-0.2, -0.15) is 0 Å². The molecule has 0 aromatic rings. The van der Waals surface area contributed by atoms with Crippen LogP contribution in [0, 0.1) is 10.8 Å². The van der Waals surface area contributed by atoms with Crippen molar-refractivity contribution in [3.63, 3.8) is 0 Å². The molecule has 1 aliphatic rings. The third-order valence-electron chi connectivity index (χ3n) is 3.02. The number of hydrogen-bond acceptors (Lipinski definition) is 3. The quantitative estimate of drug-likeness (QED) is 0.707. The second kappa shape index (κ2) is 4.52. The highest BCUT2D eigenvalue weighted by atomic mass is 19.3. The predicted molar refractivity (Wildman–Crippen MR) is 58.9 cm³/mol. The van der Waals surface area contributed by atoms with Crippen molar-refractivity contribution < 1.29 is 23.0 Å². The average molecular weight is 250 g/mol. The minimum absolute atomic E-state index is 0.0180. The van der Waals surface area contributed by atoms with E-state index in [9.17, 15) is 13.6 Å². The molecule has 0 spiro atoms. The summed E-state index contributed by atoms with van der Waals surface area (Å²) in [6.45, 7) is 5.17. The van der Waals surface area contributed by atoms with E-state index in [-0.39, 0.29) is 19.6 Å². The highest BCUT2D eigenvalue weighted by Crippen LogP contribution is 2.50. The van der Waals surface area contributed by atoms with Gasteiger partial charge in [0.15, 0.2) is 5.41 Å². The number of carbonyl (C=O) groups excluding carboxylic acids is 1. The van der Waals surface area contributed by atoms with E-state index in [4.69, 9.17) is 4.74 Å². The Morgan fingerprint density at radius 2 is 2.00 bits per heavy atom. The van der Waals surface area contributed by atoms with Gasteiger partial charge in [-0.25, -0.2) is 8.78 Å². The summed E-state index contributed by atoms with van der Waals surface area (Å²) in [6, 6.07) is 0. The van der Waals surface area contributed by atoms with Gasteiger partial charge < -0.3 is 9.47 Å². The molecule has 100 valence electrons. The topological polar surface area (TPSA) is 35.5 Å². The molecule has 0 N–H and O–H groups in total. The molecule has 5 heteroatoms. The Bertz CT molecular complexity index is 297. The maximum Gasteiger partial charge on any atom is 0.320 e. The fourth-order valence-corrected chi connectivity index (χ4v) is 2.35. The molecule has 1 saturated heterocycles. The lowest BCUT2D eigenvalue weighted by molar-refractivity contribution is -0.225. The molecule has 0 amide bonds. The number of alkyl halides is 2. The zero-order valence-corrected chi connectivity index (χ0v) is 10.8. The van der Waals surface area contributed by atoms with Crippen LogP contribution in [0.2, 0.25) is 0 Å². The highest BCUT2D eigenvalue weighted by molar-refractivity contribution is 5.78.